The second-order valence-corrected chi connectivity index (χ2v) is 5.31. The first-order valence-corrected chi connectivity index (χ1v) is 6.84. The van der Waals surface area contributed by atoms with Crippen molar-refractivity contribution < 1.29 is 19.4 Å². The third-order valence-electron chi connectivity index (χ3n) is 3.68. The minimum Gasteiger partial charge on any atom is -0.480 e. The minimum atomic E-state index is -0.847. The van der Waals surface area contributed by atoms with Gasteiger partial charge in [0.25, 0.3) is 0 Å². The van der Waals surface area contributed by atoms with E-state index >= 15 is 0 Å². The number of carboxylic acid groups (broad SMARTS) is 1. The van der Waals surface area contributed by atoms with Crippen LogP contribution in [0.15, 0.2) is 0 Å². The highest BCUT2D eigenvalue weighted by atomic mass is 16.5. The fourth-order valence-corrected chi connectivity index (χ4v) is 2.47. The van der Waals surface area contributed by atoms with Crippen LogP contribution >= 0.6 is 0 Å². The Bertz CT molecular complexity index is 365. The summed E-state index contributed by atoms with van der Waals surface area (Å²) in [6, 6.07) is -0.785. The lowest BCUT2D eigenvalue weighted by Crippen LogP contribution is -2.53. The molecule has 2 heterocycles. The van der Waals surface area contributed by atoms with Crippen molar-refractivity contribution in [3.8, 4) is 0 Å². The van der Waals surface area contributed by atoms with Crippen molar-refractivity contribution in [3.63, 3.8) is 0 Å². The van der Waals surface area contributed by atoms with E-state index in [1.165, 1.54) is 0 Å². The molecule has 0 aromatic rings. The monoisotopic (exact) mass is 286 g/mol. The Morgan fingerprint density at radius 2 is 2.20 bits per heavy atom. The van der Waals surface area contributed by atoms with E-state index in [0.29, 0.717) is 19.5 Å². The molecule has 0 aromatic carbocycles. The maximum Gasteiger partial charge on any atom is 0.325 e. The van der Waals surface area contributed by atoms with Crippen LogP contribution in [0.2, 0.25) is 0 Å². The summed E-state index contributed by atoms with van der Waals surface area (Å²) in [7, 11) is 1.97. The van der Waals surface area contributed by atoms with Crippen molar-refractivity contribution in [1.82, 2.24) is 20.9 Å². The molecule has 8 heteroatoms. The topological polar surface area (TPSA) is 103 Å². The van der Waals surface area contributed by atoms with Crippen molar-refractivity contribution in [2.24, 2.45) is 0 Å². The van der Waals surface area contributed by atoms with Gasteiger partial charge < -0.3 is 25.4 Å². The lowest BCUT2D eigenvalue weighted by Gasteiger charge is -2.29. The van der Waals surface area contributed by atoms with E-state index in [4.69, 9.17) is 9.84 Å². The Morgan fingerprint density at radius 3 is 2.85 bits per heavy atom. The average molecular weight is 286 g/mol. The fraction of sp³-hybridized carbons (Fsp3) is 0.833. The van der Waals surface area contributed by atoms with Crippen LogP contribution < -0.4 is 16.0 Å². The Balaban J connectivity index is 1.63. The summed E-state index contributed by atoms with van der Waals surface area (Å²) < 4.78 is 5.17. The van der Waals surface area contributed by atoms with E-state index in [0.717, 1.165) is 13.1 Å². The second kappa shape index (κ2) is 6.98. The van der Waals surface area contributed by atoms with Crippen LogP contribution in [-0.2, 0) is 14.3 Å². The van der Waals surface area contributed by atoms with Crippen LogP contribution in [0.1, 0.15) is 6.42 Å². The zero-order valence-electron chi connectivity index (χ0n) is 11.6. The second-order valence-electron chi connectivity index (χ2n) is 5.31. The Morgan fingerprint density at radius 1 is 1.40 bits per heavy atom. The van der Waals surface area contributed by atoms with E-state index in [1.807, 2.05) is 7.05 Å². The number of ether oxygens (including phenoxy) is 1. The number of aliphatic carboxylic acids is 1. The molecule has 20 heavy (non-hydrogen) atoms. The van der Waals surface area contributed by atoms with Crippen LogP contribution in [-0.4, -0.2) is 80.0 Å². The maximum absolute atomic E-state index is 11.8. The Labute approximate surface area is 117 Å². The largest absolute Gasteiger partial charge is 0.480 e. The van der Waals surface area contributed by atoms with E-state index in [1.54, 1.807) is 0 Å². The number of nitrogens with one attached hydrogen (secondary N) is 3. The summed E-state index contributed by atoms with van der Waals surface area (Å²) >= 11 is 0. The predicted molar refractivity (Wildman–Crippen MR) is 71.2 cm³/mol. The molecule has 2 unspecified atom stereocenters. The molecule has 0 amide bonds. The van der Waals surface area contributed by atoms with Crippen molar-refractivity contribution in [3.05, 3.63) is 0 Å². The molecule has 4 N–H and O–H groups in total. The zero-order valence-corrected chi connectivity index (χ0v) is 11.6. The molecule has 0 aromatic heterocycles. The number of carboxylic acids is 1. The first kappa shape index (κ1) is 15.2. The fourth-order valence-electron chi connectivity index (χ4n) is 2.47. The normalized spacial score (nSPS) is 31.1. The first-order valence-electron chi connectivity index (χ1n) is 6.84. The molecule has 2 rings (SSSR count). The van der Waals surface area contributed by atoms with Gasteiger partial charge in [-0.05, 0) is 13.5 Å². The summed E-state index contributed by atoms with van der Waals surface area (Å²) in [6.45, 7) is 3.02. The lowest BCUT2D eigenvalue weighted by atomic mass is 10.2. The quantitative estimate of drug-likeness (QED) is 0.333. The van der Waals surface area contributed by atoms with E-state index in [9.17, 15) is 9.59 Å². The number of likely N-dealkylation sites (N-methyl/N-ethyl adjacent to an activating group) is 1. The van der Waals surface area contributed by atoms with Gasteiger partial charge >= 0.3 is 11.9 Å². The van der Waals surface area contributed by atoms with E-state index < -0.39 is 12.0 Å². The Hall–Kier alpha value is -1.22. The van der Waals surface area contributed by atoms with Crippen LogP contribution in [0, 0.1) is 0 Å². The van der Waals surface area contributed by atoms with Crippen LogP contribution in [0.3, 0.4) is 0 Å². The average Bonchev–Trinajstić information content (AvgIpc) is 2.87. The maximum atomic E-state index is 11.8. The van der Waals surface area contributed by atoms with Gasteiger partial charge in [-0.3, -0.25) is 14.9 Å². The molecule has 2 fully saturated rings. The number of rotatable bonds is 5. The van der Waals surface area contributed by atoms with Gasteiger partial charge in [0.05, 0.1) is 0 Å². The number of carbonyl (C=O) groups excluding carboxylic acids is 1. The van der Waals surface area contributed by atoms with Gasteiger partial charge in [-0.1, -0.05) is 0 Å². The smallest absolute Gasteiger partial charge is 0.325 e. The molecule has 8 nitrogen and oxygen atoms in total. The predicted octanol–water partition coefficient (Wildman–Crippen LogP) is -2.20. The van der Waals surface area contributed by atoms with Crippen molar-refractivity contribution in [2.75, 3.05) is 40.0 Å². The van der Waals surface area contributed by atoms with Crippen LogP contribution in [0.25, 0.3) is 0 Å². The third-order valence-corrected chi connectivity index (χ3v) is 3.68. The summed E-state index contributed by atoms with van der Waals surface area (Å²) in [6.07, 6.45) is 0.497. The third kappa shape index (κ3) is 4.14. The number of carbonyl (C=O) groups is 2. The van der Waals surface area contributed by atoms with Gasteiger partial charge in [-0.15, -0.1) is 0 Å². The van der Waals surface area contributed by atoms with Crippen molar-refractivity contribution in [1.29, 1.82) is 0 Å². The number of hydrogen-bond acceptors (Lipinski definition) is 7. The molecule has 2 saturated heterocycles. The molecule has 2 aliphatic rings. The highest BCUT2D eigenvalue weighted by Crippen LogP contribution is 2.06. The van der Waals surface area contributed by atoms with Gasteiger partial charge in [0.1, 0.15) is 18.8 Å². The summed E-state index contributed by atoms with van der Waals surface area (Å²) in [4.78, 5) is 24.7. The lowest BCUT2D eigenvalue weighted by molar-refractivity contribution is -0.148. The van der Waals surface area contributed by atoms with E-state index in [-0.39, 0.29) is 24.8 Å². The number of piperazine rings is 1. The minimum absolute atomic E-state index is 0.0193. The first-order chi connectivity index (χ1) is 9.56. The highest BCUT2D eigenvalue weighted by Gasteiger charge is 2.29. The SMILES string of the molecule is CN1CCNC(C(=O)OCNC2CN[C@H](C(=O)O)C2)C1. The van der Waals surface area contributed by atoms with E-state index in [2.05, 4.69) is 20.9 Å². The molecule has 2 aliphatic heterocycles. The Kier molecular flexibility index (Phi) is 5.30. The van der Waals surface area contributed by atoms with Crippen LogP contribution in [0.5, 0.6) is 0 Å². The highest BCUT2D eigenvalue weighted by molar-refractivity contribution is 5.76. The van der Waals surface area contributed by atoms with Gasteiger partial charge in [-0.25, -0.2) is 0 Å². The van der Waals surface area contributed by atoms with Gasteiger partial charge in [0.2, 0.25) is 0 Å². The standard InChI is InChI=1S/C12H22N4O4/c1-16-3-2-13-10(6-16)12(19)20-7-15-8-4-9(11(17)18)14-5-8/h8-10,13-15H,2-7H2,1H3,(H,17,18)/t8?,9-,10?/m0/s1. The molecule has 0 bridgehead atoms. The van der Waals surface area contributed by atoms with Crippen molar-refractivity contribution >= 4 is 11.9 Å². The summed E-state index contributed by atoms with van der Waals surface area (Å²) in [5.41, 5.74) is 0. The van der Waals surface area contributed by atoms with Gasteiger partial charge in [-0.2, -0.15) is 0 Å². The van der Waals surface area contributed by atoms with Crippen molar-refractivity contribution in [2.45, 2.75) is 24.5 Å². The summed E-state index contributed by atoms with van der Waals surface area (Å²) in [5, 5.41) is 17.9. The molecule has 3 atom stereocenters. The molecule has 114 valence electrons. The number of hydrogen-bond donors (Lipinski definition) is 4. The zero-order chi connectivity index (χ0) is 14.5. The number of esters is 1. The van der Waals surface area contributed by atoms with Gasteiger partial charge in [0, 0.05) is 32.2 Å². The molecule has 0 spiro atoms. The summed E-state index contributed by atoms with van der Waals surface area (Å²) in [5.74, 6) is -1.12. The van der Waals surface area contributed by atoms with Gasteiger partial charge in [0.15, 0.2) is 0 Å². The number of nitrogens with zero attached hydrogens (tertiary/aromatic N) is 1. The molecule has 0 radical (unpaired) electrons. The molecule has 0 saturated carbocycles. The molecule has 0 aliphatic carbocycles. The van der Waals surface area contributed by atoms with Crippen LogP contribution in [0.4, 0.5) is 0 Å². The molecular formula is C12H22N4O4. The molecular weight excluding hydrogens is 264 g/mol.